The molecule has 0 fully saturated rings. The van der Waals surface area contributed by atoms with Crippen molar-refractivity contribution in [3.8, 4) is 11.5 Å². The van der Waals surface area contributed by atoms with E-state index in [0.717, 1.165) is 5.56 Å². The molecule has 1 amide bonds. The Morgan fingerprint density at radius 2 is 1.66 bits per heavy atom. The maximum absolute atomic E-state index is 14.0. The van der Waals surface area contributed by atoms with E-state index in [0.29, 0.717) is 48.9 Å². The van der Waals surface area contributed by atoms with Crippen molar-refractivity contribution in [2.24, 2.45) is 0 Å². The Hall–Kier alpha value is -3.67. The molecule has 210 valence electrons. The number of carbonyl (C=O) groups excluding carboxylic acids is 1. The molecule has 0 saturated heterocycles. The zero-order valence-electron chi connectivity index (χ0n) is 22.0. The third-order valence-corrected chi connectivity index (χ3v) is 8.54. The summed E-state index contributed by atoms with van der Waals surface area (Å²) in [4.78, 5) is 20.2. The first-order chi connectivity index (χ1) is 19.7. The first-order valence-corrected chi connectivity index (χ1v) is 14.7. The van der Waals surface area contributed by atoms with Crippen LogP contribution in [0.4, 0.5) is 22.2 Å². The molecule has 41 heavy (non-hydrogen) atoms. The van der Waals surface area contributed by atoms with Gasteiger partial charge in [0.25, 0.3) is 17.2 Å². The summed E-state index contributed by atoms with van der Waals surface area (Å²) in [5.74, 6) is 0.485. The Morgan fingerprint density at radius 1 is 0.927 bits per heavy atom. The number of fused-ring (bicyclic) bond motifs is 1. The van der Waals surface area contributed by atoms with Crippen molar-refractivity contribution in [1.29, 1.82) is 0 Å². The van der Waals surface area contributed by atoms with Crippen molar-refractivity contribution in [3.63, 3.8) is 0 Å². The van der Waals surface area contributed by atoms with Gasteiger partial charge in [0, 0.05) is 11.1 Å². The summed E-state index contributed by atoms with van der Waals surface area (Å²) in [6, 6.07) is 22.3. The molecule has 0 radical (unpaired) electrons. The van der Waals surface area contributed by atoms with Gasteiger partial charge < -0.3 is 9.47 Å². The lowest BCUT2D eigenvalue weighted by Gasteiger charge is -2.22. The van der Waals surface area contributed by atoms with E-state index in [4.69, 9.17) is 37.7 Å². The van der Waals surface area contributed by atoms with Gasteiger partial charge in [0.15, 0.2) is 16.6 Å². The number of nitrogens with zero attached hydrogens (tertiary/aromatic N) is 3. The summed E-state index contributed by atoms with van der Waals surface area (Å²) in [6.07, 6.45) is 0. The van der Waals surface area contributed by atoms with Gasteiger partial charge in [0.1, 0.15) is 0 Å². The minimum Gasteiger partial charge on any atom is -0.493 e. The van der Waals surface area contributed by atoms with Gasteiger partial charge in [-0.2, -0.15) is 0 Å². The second-order valence-corrected chi connectivity index (χ2v) is 11.4. The Labute approximate surface area is 253 Å². The molecule has 8 nitrogen and oxygen atoms in total. The van der Waals surface area contributed by atoms with Crippen molar-refractivity contribution < 1.29 is 23.0 Å². The van der Waals surface area contributed by atoms with Crippen molar-refractivity contribution in [2.45, 2.75) is 6.92 Å². The highest BCUT2D eigenvalue weighted by Crippen LogP contribution is 2.41. The van der Waals surface area contributed by atoms with Crippen molar-refractivity contribution in [2.75, 3.05) is 23.4 Å². The number of benzene rings is 4. The van der Waals surface area contributed by atoms with E-state index in [1.807, 2.05) is 19.1 Å². The lowest BCUT2D eigenvalue weighted by atomic mass is 10.1. The van der Waals surface area contributed by atoms with Crippen LogP contribution in [-0.4, -0.2) is 33.9 Å². The van der Waals surface area contributed by atoms with Crippen LogP contribution in [0.25, 0.3) is 10.2 Å². The summed E-state index contributed by atoms with van der Waals surface area (Å²) in [6.45, 7) is 1.87. The van der Waals surface area contributed by atoms with Gasteiger partial charge >= 0.3 is 0 Å². The highest BCUT2D eigenvalue weighted by atomic mass is 35.5. The van der Waals surface area contributed by atoms with Crippen LogP contribution in [0.5, 0.6) is 11.5 Å². The second-order valence-electron chi connectivity index (χ2n) is 8.76. The first-order valence-electron chi connectivity index (χ1n) is 12.1. The zero-order chi connectivity index (χ0) is 29.3. The van der Waals surface area contributed by atoms with E-state index in [2.05, 4.69) is 0 Å². The molecule has 1 atom stereocenters. The second kappa shape index (κ2) is 12.1. The molecular formula is C29H23Cl2N3O5S2. The van der Waals surface area contributed by atoms with E-state index in [1.165, 1.54) is 40.8 Å². The number of hydrogen-bond donors (Lipinski definition) is 1. The van der Waals surface area contributed by atoms with E-state index in [1.54, 1.807) is 60.7 Å². The summed E-state index contributed by atoms with van der Waals surface area (Å²) in [5, 5.41) is 0.944. The minimum absolute atomic E-state index is 0.190. The Morgan fingerprint density at radius 3 is 2.34 bits per heavy atom. The Bertz CT molecular complexity index is 1800. The van der Waals surface area contributed by atoms with Crippen LogP contribution in [0.3, 0.4) is 0 Å². The number of halogens is 2. The number of methoxy groups -OCH3 is 2. The SMILES string of the molecule is COc1ccc(N(C(=O)c2ccc(Cl)cc2Cl)c2nc3ccc(N(c4ccccc4C)S(=O)O)cc3s2)cc1OC. The molecule has 0 aliphatic carbocycles. The number of rotatable bonds is 8. The number of hydrogen-bond acceptors (Lipinski definition) is 6. The number of thiazole rings is 1. The highest BCUT2D eigenvalue weighted by Gasteiger charge is 2.27. The molecule has 1 unspecified atom stereocenters. The van der Waals surface area contributed by atoms with Gasteiger partial charge in [0.2, 0.25) is 0 Å². The fourth-order valence-electron chi connectivity index (χ4n) is 4.29. The monoisotopic (exact) mass is 627 g/mol. The third kappa shape index (κ3) is 5.74. The summed E-state index contributed by atoms with van der Waals surface area (Å²) in [7, 11) is 3.03. The smallest absolute Gasteiger partial charge is 0.266 e. The summed E-state index contributed by atoms with van der Waals surface area (Å²) in [5.41, 5.74) is 3.22. The molecule has 4 aromatic carbocycles. The van der Waals surface area contributed by atoms with Crippen LogP contribution in [0, 0.1) is 6.92 Å². The maximum atomic E-state index is 14.0. The lowest BCUT2D eigenvalue weighted by Crippen LogP contribution is -2.26. The summed E-state index contributed by atoms with van der Waals surface area (Å²) >= 11 is 11.4. The zero-order valence-corrected chi connectivity index (χ0v) is 25.1. The normalized spacial score (nSPS) is 11.8. The average Bonchev–Trinajstić information content (AvgIpc) is 3.36. The van der Waals surface area contributed by atoms with Crippen LogP contribution in [0.1, 0.15) is 15.9 Å². The number of carbonyl (C=O) groups is 1. The first kappa shape index (κ1) is 28.8. The van der Waals surface area contributed by atoms with Gasteiger partial charge in [-0.3, -0.25) is 14.2 Å². The van der Waals surface area contributed by atoms with Crippen molar-refractivity contribution in [3.05, 3.63) is 100 Å². The van der Waals surface area contributed by atoms with Crippen LogP contribution in [0.2, 0.25) is 10.0 Å². The molecule has 0 bridgehead atoms. The molecule has 5 rings (SSSR count). The predicted octanol–water partition coefficient (Wildman–Crippen LogP) is 8.18. The lowest BCUT2D eigenvalue weighted by molar-refractivity contribution is 0.0999. The largest absolute Gasteiger partial charge is 0.493 e. The van der Waals surface area contributed by atoms with Crippen LogP contribution in [0.15, 0.2) is 78.9 Å². The number of aromatic nitrogens is 1. The molecule has 1 N–H and O–H groups in total. The molecule has 0 spiro atoms. The molecule has 5 aromatic rings. The van der Waals surface area contributed by atoms with Gasteiger partial charge in [-0.15, -0.1) is 0 Å². The van der Waals surface area contributed by atoms with Gasteiger partial charge in [0.05, 0.1) is 52.1 Å². The third-order valence-electron chi connectivity index (χ3n) is 6.27. The van der Waals surface area contributed by atoms with E-state index >= 15 is 0 Å². The van der Waals surface area contributed by atoms with Gasteiger partial charge in [-0.1, -0.05) is 52.7 Å². The van der Waals surface area contributed by atoms with E-state index in [-0.39, 0.29) is 10.6 Å². The molecule has 0 saturated carbocycles. The fraction of sp³-hybridized carbons (Fsp3) is 0.103. The number of aryl methyl sites for hydroxylation is 1. The average molecular weight is 629 g/mol. The molecular weight excluding hydrogens is 605 g/mol. The molecule has 12 heteroatoms. The maximum Gasteiger partial charge on any atom is 0.266 e. The van der Waals surface area contributed by atoms with Crippen LogP contribution in [-0.2, 0) is 11.3 Å². The van der Waals surface area contributed by atoms with Crippen molar-refractivity contribution in [1.82, 2.24) is 4.98 Å². The van der Waals surface area contributed by atoms with E-state index in [9.17, 15) is 13.6 Å². The minimum atomic E-state index is -2.33. The predicted molar refractivity (Wildman–Crippen MR) is 166 cm³/mol. The molecule has 1 heterocycles. The summed E-state index contributed by atoms with van der Waals surface area (Å²) < 4.78 is 35.5. The number of amides is 1. The fourth-order valence-corrected chi connectivity index (χ4v) is 6.46. The number of ether oxygens (including phenoxy) is 2. The van der Waals surface area contributed by atoms with Gasteiger partial charge in [-0.25, -0.2) is 13.5 Å². The van der Waals surface area contributed by atoms with Crippen molar-refractivity contribution >= 4 is 84.1 Å². The standard InChI is InChI=1S/C29H23Cl2N3O5S2/c1-17-6-4-5-7-24(17)34(41(36)37)20-9-12-23-27(16-20)40-29(32-23)33(19-10-13-25(38-2)26(15-19)39-3)28(35)21-11-8-18(30)14-22(21)31/h4-16H,1-3H3,(H,36,37). The molecule has 0 aliphatic heterocycles. The molecule has 0 aliphatic rings. The quantitative estimate of drug-likeness (QED) is 0.174. The topological polar surface area (TPSA) is 92.2 Å². The van der Waals surface area contributed by atoms with E-state index < -0.39 is 17.2 Å². The highest BCUT2D eigenvalue weighted by molar-refractivity contribution is 7.81. The molecule has 1 aromatic heterocycles. The Kier molecular flexibility index (Phi) is 8.48. The van der Waals surface area contributed by atoms with Crippen LogP contribution >= 0.6 is 34.5 Å². The van der Waals surface area contributed by atoms with Crippen LogP contribution < -0.4 is 18.7 Å². The number of anilines is 4. The number of para-hydroxylation sites is 1. The van der Waals surface area contributed by atoms with Gasteiger partial charge in [-0.05, 0) is 67.1 Å². The Balaban J connectivity index is 1.65.